The van der Waals surface area contributed by atoms with Crippen molar-refractivity contribution in [1.82, 2.24) is 10.3 Å². The SMILES string of the molecule is CC1CCCC(NC(=O)c2cncc(C#CCN)c2)CC1. The fourth-order valence-corrected chi connectivity index (χ4v) is 2.69. The first kappa shape index (κ1) is 15.5. The molecule has 21 heavy (non-hydrogen) atoms. The Morgan fingerprint density at radius 1 is 1.38 bits per heavy atom. The number of carbonyl (C=O) groups is 1. The maximum atomic E-state index is 12.3. The monoisotopic (exact) mass is 285 g/mol. The summed E-state index contributed by atoms with van der Waals surface area (Å²) in [5, 5.41) is 3.13. The number of nitrogens with two attached hydrogens (primary N) is 1. The summed E-state index contributed by atoms with van der Waals surface area (Å²) in [6.45, 7) is 2.59. The van der Waals surface area contributed by atoms with E-state index >= 15 is 0 Å². The Kier molecular flexibility index (Phi) is 5.77. The second-order valence-corrected chi connectivity index (χ2v) is 5.75. The van der Waals surface area contributed by atoms with Gasteiger partial charge in [-0.3, -0.25) is 9.78 Å². The summed E-state index contributed by atoms with van der Waals surface area (Å²) >= 11 is 0. The summed E-state index contributed by atoms with van der Waals surface area (Å²) in [6.07, 6.45) is 8.99. The lowest BCUT2D eigenvalue weighted by atomic mass is 10.0. The zero-order valence-electron chi connectivity index (χ0n) is 12.6. The maximum Gasteiger partial charge on any atom is 0.253 e. The van der Waals surface area contributed by atoms with Gasteiger partial charge in [0.2, 0.25) is 0 Å². The molecule has 4 heteroatoms. The summed E-state index contributed by atoms with van der Waals surface area (Å²) in [7, 11) is 0. The molecule has 3 N–H and O–H groups in total. The number of pyridine rings is 1. The number of rotatable bonds is 2. The normalized spacial score (nSPS) is 21.8. The van der Waals surface area contributed by atoms with Crippen LogP contribution in [0.3, 0.4) is 0 Å². The van der Waals surface area contributed by atoms with Gasteiger partial charge in [-0.25, -0.2) is 0 Å². The van der Waals surface area contributed by atoms with E-state index in [0.29, 0.717) is 12.1 Å². The number of nitrogens with one attached hydrogen (secondary N) is 1. The molecule has 2 rings (SSSR count). The van der Waals surface area contributed by atoms with Crippen LogP contribution in [0.15, 0.2) is 18.5 Å². The smallest absolute Gasteiger partial charge is 0.253 e. The van der Waals surface area contributed by atoms with Crippen LogP contribution in [-0.4, -0.2) is 23.5 Å². The second kappa shape index (κ2) is 7.80. The lowest BCUT2D eigenvalue weighted by molar-refractivity contribution is 0.0932. The Labute approximate surface area is 126 Å². The number of carbonyl (C=O) groups excluding carboxylic acids is 1. The summed E-state index contributed by atoms with van der Waals surface area (Å²) in [5.74, 6) is 6.38. The highest BCUT2D eigenvalue weighted by molar-refractivity contribution is 5.94. The van der Waals surface area contributed by atoms with Crippen molar-refractivity contribution < 1.29 is 4.79 Å². The number of amides is 1. The number of aromatic nitrogens is 1. The van der Waals surface area contributed by atoms with Crippen molar-refractivity contribution in [2.24, 2.45) is 11.7 Å². The highest BCUT2D eigenvalue weighted by Gasteiger charge is 2.18. The predicted octanol–water partition coefficient (Wildman–Crippen LogP) is 2.09. The van der Waals surface area contributed by atoms with Crippen molar-refractivity contribution in [3.63, 3.8) is 0 Å². The van der Waals surface area contributed by atoms with Crippen LogP contribution in [0.5, 0.6) is 0 Å². The van der Waals surface area contributed by atoms with Gasteiger partial charge in [-0.2, -0.15) is 0 Å². The van der Waals surface area contributed by atoms with Crippen molar-refractivity contribution in [3.05, 3.63) is 29.6 Å². The minimum Gasteiger partial charge on any atom is -0.349 e. The quantitative estimate of drug-likeness (QED) is 0.646. The van der Waals surface area contributed by atoms with E-state index in [4.69, 9.17) is 5.73 Å². The summed E-state index contributed by atoms with van der Waals surface area (Å²) in [6, 6.07) is 2.05. The molecule has 0 saturated heterocycles. The Hall–Kier alpha value is -1.86. The molecule has 1 aliphatic carbocycles. The lowest BCUT2D eigenvalue weighted by Crippen LogP contribution is -2.34. The molecule has 2 unspecified atom stereocenters. The van der Waals surface area contributed by atoms with E-state index in [9.17, 15) is 4.79 Å². The van der Waals surface area contributed by atoms with Gasteiger partial charge in [0, 0.05) is 24.0 Å². The van der Waals surface area contributed by atoms with E-state index in [1.165, 1.54) is 19.3 Å². The van der Waals surface area contributed by atoms with Crippen LogP contribution in [0.1, 0.15) is 54.9 Å². The predicted molar refractivity (Wildman–Crippen MR) is 83.7 cm³/mol. The van der Waals surface area contributed by atoms with E-state index < -0.39 is 0 Å². The third-order valence-electron chi connectivity index (χ3n) is 3.93. The molecule has 1 amide bonds. The van der Waals surface area contributed by atoms with Crippen molar-refractivity contribution in [3.8, 4) is 11.8 Å². The van der Waals surface area contributed by atoms with E-state index in [2.05, 4.69) is 29.1 Å². The third kappa shape index (κ3) is 4.87. The fraction of sp³-hybridized carbons (Fsp3) is 0.529. The van der Waals surface area contributed by atoms with Crippen LogP contribution in [0.25, 0.3) is 0 Å². The van der Waals surface area contributed by atoms with Gasteiger partial charge in [-0.05, 0) is 31.2 Å². The van der Waals surface area contributed by atoms with Gasteiger partial charge in [-0.1, -0.05) is 31.6 Å². The van der Waals surface area contributed by atoms with Crippen molar-refractivity contribution in [2.45, 2.75) is 45.1 Å². The molecule has 0 spiro atoms. The molecule has 1 aliphatic rings. The molecule has 4 nitrogen and oxygen atoms in total. The van der Waals surface area contributed by atoms with E-state index in [1.54, 1.807) is 18.5 Å². The van der Waals surface area contributed by atoms with Crippen LogP contribution < -0.4 is 11.1 Å². The van der Waals surface area contributed by atoms with Crippen LogP contribution in [0, 0.1) is 17.8 Å². The maximum absolute atomic E-state index is 12.3. The van der Waals surface area contributed by atoms with Crippen LogP contribution >= 0.6 is 0 Å². The van der Waals surface area contributed by atoms with E-state index in [0.717, 1.165) is 24.3 Å². The topological polar surface area (TPSA) is 68.0 Å². The number of nitrogens with zero attached hydrogens (tertiary/aromatic N) is 1. The number of hydrogen-bond donors (Lipinski definition) is 2. The molecular weight excluding hydrogens is 262 g/mol. The molecule has 0 bridgehead atoms. The Balaban J connectivity index is 1.99. The van der Waals surface area contributed by atoms with E-state index in [1.807, 2.05) is 0 Å². The molecule has 1 fully saturated rings. The highest BCUT2D eigenvalue weighted by Crippen LogP contribution is 2.22. The molecule has 112 valence electrons. The van der Waals surface area contributed by atoms with Crippen LogP contribution in [0.2, 0.25) is 0 Å². The largest absolute Gasteiger partial charge is 0.349 e. The van der Waals surface area contributed by atoms with Gasteiger partial charge in [0.05, 0.1) is 12.1 Å². The van der Waals surface area contributed by atoms with E-state index in [-0.39, 0.29) is 11.9 Å². The Bertz CT molecular complexity index is 544. The van der Waals surface area contributed by atoms with Crippen molar-refractivity contribution in [2.75, 3.05) is 6.54 Å². The van der Waals surface area contributed by atoms with Crippen LogP contribution in [0.4, 0.5) is 0 Å². The van der Waals surface area contributed by atoms with Gasteiger partial charge < -0.3 is 11.1 Å². The van der Waals surface area contributed by atoms with Crippen molar-refractivity contribution >= 4 is 5.91 Å². The zero-order chi connectivity index (χ0) is 15.1. The molecule has 0 radical (unpaired) electrons. The van der Waals surface area contributed by atoms with Crippen LogP contribution in [-0.2, 0) is 0 Å². The molecule has 1 aromatic heterocycles. The molecule has 1 heterocycles. The first-order chi connectivity index (χ1) is 10.2. The number of hydrogen-bond acceptors (Lipinski definition) is 3. The van der Waals surface area contributed by atoms with Gasteiger partial charge in [0.25, 0.3) is 5.91 Å². The lowest BCUT2D eigenvalue weighted by Gasteiger charge is -2.16. The van der Waals surface area contributed by atoms with Gasteiger partial charge >= 0.3 is 0 Å². The molecule has 2 atom stereocenters. The van der Waals surface area contributed by atoms with Gasteiger partial charge in [-0.15, -0.1) is 0 Å². The third-order valence-corrected chi connectivity index (χ3v) is 3.93. The zero-order valence-corrected chi connectivity index (χ0v) is 12.6. The highest BCUT2D eigenvalue weighted by atomic mass is 16.1. The standard InChI is InChI=1S/C17H23N3O/c1-13-4-2-6-16(8-7-13)20-17(21)15-10-14(5-3-9-18)11-19-12-15/h10-13,16H,2,4,6-9,18H2,1H3,(H,20,21). The minimum atomic E-state index is -0.0570. The first-order valence-electron chi connectivity index (χ1n) is 7.64. The summed E-state index contributed by atoms with van der Waals surface area (Å²) in [4.78, 5) is 16.4. The summed E-state index contributed by atoms with van der Waals surface area (Å²) in [5.41, 5.74) is 6.64. The average Bonchev–Trinajstić information content (AvgIpc) is 2.70. The molecular formula is C17H23N3O. The molecule has 0 aliphatic heterocycles. The van der Waals surface area contributed by atoms with Gasteiger partial charge in [0.1, 0.15) is 0 Å². The average molecular weight is 285 g/mol. The molecule has 1 aromatic rings. The fourth-order valence-electron chi connectivity index (χ4n) is 2.69. The first-order valence-corrected chi connectivity index (χ1v) is 7.64. The second-order valence-electron chi connectivity index (χ2n) is 5.75. The van der Waals surface area contributed by atoms with Crippen molar-refractivity contribution in [1.29, 1.82) is 0 Å². The molecule has 1 saturated carbocycles. The minimum absolute atomic E-state index is 0.0570. The summed E-state index contributed by atoms with van der Waals surface area (Å²) < 4.78 is 0. The van der Waals surface area contributed by atoms with Gasteiger partial charge in [0.15, 0.2) is 0 Å². The Morgan fingerprint density at radius 3 is 3.05 bits per heavy atom. The Morgan fingerprint density at radius 2 is 2.24 bits per heavy atom. The molecule has 0 aromatic carbocycles.